The molecule has 0 bridgehead atoms. The first-order chi connectivity index (χ1) is 11.6. The third-order valence-electron chi connectivity index (χ3n) is 5.14. The maximum absolute atomic E-state index is 12.6. The van der Waals surface area contributed by atoms with E-state index in [9.17, 15) is 14.7 Å². The summed E-state index contributed by atoms with van der Waals surface area (Å²) in [5.74, 6) is 0.639. The van der Waals surface area contributed by atoms with Crippen LogP contribution in [0.4, 0.5) is 0 Å². The van der Waals surface area contributed by atoms with E-state index >= 15 is 0 Å². The second-order valence-corrected chi connectivity index (χ2v) is 7.04. The molecule has 0 saturated carbocycles. The summed E-state index contributed by atoms with van der Waals surface area (Å²) in [6.45, 7) is 6.01. The van der Waals surface area contributed by atoms with Gasteiger partial charge in [-0.1, -0.05) is 6.42 Å². The summed E-state index contributed by atoms with van der Waals surface area (Å²) in [5.41, 5.74) is -0.218. The molecule has 1 aromatic heterocycles. The van der Waals surface area contributed by atoms with E-state index in [1.807, 2.05) is 0 Å². The van der Waals surface area contributed by atoms with Crippen LogP contribution in [0.1, 0.15) is 35.6 Å². The molecule has 1 amide bonds. The fourth-order valence-electron chi connectivity index (χ4n) is 3.86. The van der Waals surface area contributed by atoms with E-state index < -0.39 is 0 Å². The van der Waals surface area contributed by atoms with Crippen molar-refractivity contribution in [2.75, 3.05) is 39.3 Å². The number of aryl methyl sites for hydroxylation is 1. The number of carbonyl (C=O) groups is 1. The Labute approximate surface area is 142 Å². The number of amides is 1. The molecule has 2 aliphatic heterocycles. The van der Waals surface area contributed by atoms with Gasteiger partial charge in [0, 0.05) is 44.3 Å². The Balaban J connectivity index is 1.68. The predicted molar refractivity (Wildman–Crippen MR) is 90.0 cm³/mol. The molecular weight excluding hydrogens is 308 g/mol. The molecule has 3 heterocycles. The minimum Gasteiger partial charge on any atom is -0.456 e. The minimum atomic E-state index is -0.254. The van der Waals surface area contributed by atoms with Crippen LogP contribution in [0, 0.1) is 18.8 Å². The van der Waals surface area contributed by atoms with Crippen molar-refractivity contribution in [3.63, 3.8) is 0 Å². The standard InChI is InChI=1S/C18H26N2O4/c1-13-7-16(22)8-17(24-13)18(23)20-10-14(15(11-20)12-21)9-19-5-3-2-4-6-19/h7-8,14-15,21H,2-6,9-12H2,1H3/t14-,15-/m1/s1. The number of rotatable bonds is 4. The van der Waals surface area contributed by atoms with E-state index in [1.54, 1.807) is 11.8 Å². The summed E-state index contributed by atoms with van der Waals surface area (Å²) >= 11 is 0. The lowest BCUT2D eigenvalue weighted by Gasteiger charge is -2.30. The largest absolute Gasteiger partial charge is 0.456 e. The highest BCUT2D eigenvalue weighted by atomic mass is 16.3. The normalized spacial score (nSPS) is 25.2. The topological polar surface area (TPSA) is 74.0 Å². The Kier molecular flexibility index (Phi) is 5.36. The highest BCUT2D eigenvalue weighted by Crippen LogP contribution is 2.26. The summed E-state index contributed by atoms with van der Waals surface area (Å²) in [7, 11) is 0. The first-order valence-corrected chi connectivity index (χ1v) is 8.81. The minimum absolute atomic E-state index is 0.0834. The van der Waals surface area contributed by atoms with Crippen molar-refractivity contribution in [3.8, 4) is 0 Å². The van der Waals surface area contributed by atoms with Gasteiger partial charge in [0.15, 0.2) is 11.2 Å². The Hall–Kier alpha value is -1.66. The molecule has 1 aromatic rings. The summed E-state index contributed by atoms with van der Waals surface area (Å²) in [6, 6.07) is 2.62. The summed E-state index contributed by atoms with van der Waals surface area (Å²) in [4.78, 5) is 28.4. The zero-order valence-electron chi connectivity index (χ0n) is 14.2. The van der Waals surface area contributed by atoms with Crippen molar-refractivity contribution in [1.82, 2.24) is 9.80 Å². The third-order valence-corrected chi connectivity index (χ3v) is 5.14. The maximum Gasteiger partial charge on any atom is 0.289 e. The van der Waals surface area contributed by atoms with Gasteiger partial charge in [0.1, 0.15) is 5.76 Å². The molecule has 6 heteroatoms. The molecule has 0 aromatic carbocycles. The Bertz CT molecular complexity index is 636. The van der Waals surface area contributed by atoms with Gasteiger partial charge in [0.2, 0.25) is 0 Å². The first-order valence-electron chi connectivity index (χ1n) is 8.81. The van der Waals surface area contributed by atoms with Crippen LogP contribution >= 0.6 is 0 Å². The van der Waals surface area contributed by atoms with Crippen LogP contribution in [0.2, 0.25) is 0 Å². The molecule has 0 spiro atoms. The lowest BCUT2D eigenvalue weighted by molar-refractivity contribution is 0.0742. The number of piperidine rings is 1. The van der Waals surface area contributed by atoms with E-state index in [2.05, 4.69) is 4.90 Å². The fraction of sp³-hybridized carbons (Fsp3) is 0.667. The van der Waals surface area contributed by atoms with Gasteiger partial charge < -0.3 is 19.3 Å². The van der Waals surface area contributed by atoms with Crippen LogP contribution in [0.25, 0.3) is 0 Å². The number of hydrogen-bond donors (Lipinski definition) is 1. The second-order valence-electron chi connectivity index (χ2n) is 7.04. The molecular formula is C18H26N2O4. The van der Waals surface area contributed by atoms with E-state index in [0.29, 0.717) is 18.8 Å². The molecule has 0 radical (unpaired) electrons. The SMILES string of the molecule is Cc1cc(=O)cc(C(=O)N2C[C@@H](CN3CCCCC3)[C@@H](CO)C2)o1. The monoisotopic (exact) mass is 334 g/mol. The van der Waals surface area contributed by atoms with Crippen molar-refractivity contribution in [1.29, 1.82) is 0 Å². The Morgan fingerprint density at radius 1 is 1.21 bits per heavy atom. The number of likely N-dealkylation sites (tertiary alicyclic amines) is 2. The fourth-order valence-corrected chi connectivity index (χ4v) is 3.86. The first kappa shape index (κ1) is 17.2. The number of nitrogens with zero attached hydrogens (tertiary/aromatic N) is 2. The summed E-state index contributed by atoms with van der Waals surface area (Å²) < 4.78 is 5.42. The Morgan fingerprint density at radius 2 is 1.92 bits per heavy atom. The maximum atomic E-state index is 12.6. The molecule has 3 rings (SSSR count). The molecule has 6 nitrogen and oxygen atoms in total. The zero-order valence-corrected chi connectivity index (χ0v) is 14.2. The van der Waals surface area contributed by atoms with Crippen LogP contribution in [-0.2, 0) is 0 Å². The van der Waals surface area contributed by atoms with E-state index in [-0.39, 0.29) is 35.5 Å². The van der Waals surface area contributed by atoms with Gasteiger partial charge in [-0.2, -0.15) is 0 Å². The third kappa shape index (κ3) is 3.87. The van der Waals surface area contributed by atoms with Gasteiger partial charge in [0.25, 0.3) is 5.91 Å². The van der Waals surface area contributed by atoms with Gasteiger partial charge in [-0.25, -0.2) is 0 Å². The van der Waals surface area contributed by atoms with Crippen LogP contribution in [0.15, 0.2) is 21.3 Å². The van der Waals surface area contributed by atoms with Crippen LogP contribution < -0.4 is 5.43 Å². The lowest BCUT2D eigenvalue weighted by Crippen LogP contribution is -2.37. The number of hydrogen-bond acceptors (Lipinski definition) is 5. The van der Waals surface area contributed by atoms with Crippen LogP contribution in [-0.4, -0.2) is 60.1 Å². The zero-order chi connectivity index (χ0) is 17.1. The molecule has 24 heavy (non-hydrogen) atoms. The molecule has 2 saturated heterocycles. The molecule has 1 N–H and O–H groups in total. The number of aliphatic hydroxyl groups is 1. The molecule has 2 fully saturated rings. The number of carbonyl (C=O) groups excluding carboxylic acids is 1. The van der Waals surface area contributed by atoms with Gasteiger partial charge in [-0.15, -0.1) is 0 Å². The lowest BCUT2D eigenvalue weighted by atomic mass is 9.95. The molecule has 132 valence electrons. The Morgan fingerprint density at radius 3 is 2.58 bits per heavy atom. The van der Waals surface area contributed by atoms with Crippen molar-refractivity contribution in [2.24, 2.45) is 11.8 Å². The molecule has 2 aliphatic rings. The van der Waals surface area contributed by atoms with Crippen molar-refractivity contribution < 1.29 is 14.3 Å². The van der Waals surface area contributed by atoms with Crippen LogP contribution in [0.5, 0.6) is 0 Å². The van der Waals surface area contributed by atoms with Crippen molar-refractivity contribution in [3.05, 3.63) is 33.9 Å². The van der Waals surface area contributed by atoms with E-state index in [4.69, 9.17) is 4.42 Å². The van der Waals surface area contributed by atoms with Gasteiger partial charge in [0.05, 0.1) is 0 Å². The van der Waals surface area contributed by atoms with Crippen molar-refractivity contribution >= 4 is 5.91 Å². The highest BCUT2D eigenvalue weighted by Gasteiger charge is 2.37. The second kappa shape index (κ2) is 7.49. The average Bonchev–Trinajstić information content (AvgIpc) is 2.97. The molecule has 0 unspecified atom stereocenters. The van der Waals surface area contributed by atoms with Gasteiger partial charge >= 0.3 is 0 Å². The molecule has 0 aliphatic carbocycles. The predicted octanol–water partition coefficient (Wildman–Crippen LogP) is 1.11. The smallest absolute Gasteiger partial charge is 0.289 e. The highest BCUT2D eigenvalue weighted by molar-refractivity contribution is 5.91. The number of aliphatic hydroxyl groups excluding tert-OH is 1. The summed E-state index contributed by atoms with van der Waals surface area (Å²) in [6.07, 6.45) is 3.75. The van der Waals surface area contributed by atoms with E-state index in [0.717, 1.165) is 19.6 Å². The summed E-state index contributed by atoms with van der Waals surface area (Å²) in [5, 5.41) is 9.69. The van der Waals surface area contributed by atoms with Crippen LogP contribution in [0.3, 0.4) is 0 Å². The van der Waals surface area contributed by atoms with E-state index in [1.165, 1.54) is 31.4 Å². The van der Waals surface area contributed by atoms with Crippen molar-refractivity contribution in [2.45, 2.75) is 26.2 Å². The quantitative estimate of drug-likeness (QED) is 0.893. The van der Waals surface area contributed by atoms with Gasteiger partial charge in [-0.05, 0) is 38.8 Å². The van der Waals surface area contributed by atoms with Gasteiger partial charge in [-0.3, -0.25) is 9.59 Å². The average molecular weight is 334 g/mol. The molecule has 2 atom stereocenters.